The number of H-pyrrole nitrogens is 1. The second-order valence-electron chi connectivity index (χ2n) is 5.27. The molecule has 1 unspecified atom stereocenters. The summed E-state index contributed by atoms with van der Waals surface area (Å²) in [7, 11) is 1.68. The van der Waals surface area contributed by atoms with Crippen LogP contribution >= 0.6 is 0 Å². The van der Waals surface area contributed by atoms with Gasteiger partial charge in [0.1, 0.15) is 0 Å². The molecular weight excluding hydrogens is 363 g/mol. The SMILES string of the molecule is COc1ccc2c(-c3cccnc3)nc([AsH]c3cc[nH]n3)cc2c1. The third-order valence-electron chi connectivity index (χ3n) is 3.73. The summed E-state index contributed by atoms with van der Waals surface area (Å²) in [4.78, 5) is 9.16. The number of hydrogen-bond acceptors (Lipinski definition) is 4. The summed E-state index contributed by atoms with van der Waals surface area (Å²) in [5.74, 6) is 0.844. The monoisotopic (exact) mass is 378 g/mol. The number of nitrogens with zero attached hydrogens (tertiary/aromatic N) is 3. The van der Waals surface area contributed by atoms with Crippen molar-refractivity contribution in [2.24, 2.45) is 0 Å². The van der Waals surface area contributed by atoms with E-state index in [1.54, 1.807) is 13.3 Å². The molecule has 0 aliphatic heterocycles. The van der Waals surface area contributed by atoms with Gasteiger partial charge >= 0.3 is 146 Å². The number of hydrogen-bond donors (Lipinski definition) is 1. The predicted molar refractivity (Wildman–Crippen MR) is 96.5 cm³/mol. The molecule has 1 atom stereocenters. The van der Waals surface area contributed by atoms with Crippen molar-refractivity contribution in [2.45, 2.75) is 0 Å². The molecule has 0 aliphatic rings. The first-order valence-electron chi connectivity index (χ1n) is 7.49. The Morgan fingerprint density at radius 3 is 2.79 bits per heavy atom. The van der Waals surface area contributed by atoms with Crippen LogP contribution in [0.2, 0.25) is 0 Å². The summed E-state index contributed by atoms with van der Waals surface area (Å²) >= 11 is -0.599. The molecule has 6 heteroatoms. The number of fused-ring (bicyclic) bond motifs is 1. The summed E-state index contributed by atoms with van der Waals surface area (Å²) in [5, 5.41) is 9.38. The van der Waals surface area contributed by atoms with E-state index in [4.69, 9.17) is 9.72 Å². The standard InChI is InChI=1S/C18H15AsN4O/c1-24-14-4-5-15-13(9-14)10-17(19-16-6-8-21-23-16)22-18(15)12-3-2-7-20-11-12/h2-11,19H,1H3,(H,21,23). The van der Waals surface area contributed by atoms with Crippen molar-refractivity contribution in [2.75, 3.05) is 7.11 Å². The Kier molecular flexibility index (Phi) is 4.01. The number of aromatic nitrogens is 4. The summed E-state index contributed by atoms with van der Waals surface area (Å²) in [6.07, 6.45) is 5.48. The zero-order valence-corrected chi connectivity index (χ0v) is 15.1. The van der Waals surface area contributed by atoms with E-state index in [0.29, 0.717) is 0 Å². The second-order valence-corrected chi connectivity index (χ2v) is 7.94. The van der Waals surface area contributed by atoms with Crippen molar-refractivity contribution >= 4 is 35.5 Å². The first-order valence-corrected chi connectivity index (χ1v) is 9.59. The molecule has 3 aromatic heterocycles. The fraction of sp³-hybridized carbons (Fsp3) is 0.0556. The molecule has 0 spiro atoms. The minimum atomic E-state index is -0.599. The topological polar surface area (TPSA) is 63.7 Å². The molecular formula is C18H15AsN4O. The van der Waals surface area contributed by atoms with E-state index >= 15 is 0 Å². The van der Waals surface area contributed by atoms with Gasteiger partial charge in [-0.25, -0.2) is 0 Å². The van der Waals surface area contributed by atoms with Gasteiger partial charge in [0.2, 0.25) is 0 Å². The maximum atomic E-state index is 5.37. The van der Waals surface area contributed by atoms with Gasteiger partial charge in [0, 0.05) is 0 Å². The second kappa shape index (κ2) is 6.46. The van der Waals surface area contributed by atoms with Gasteiger partial charge in [-0.15, -0.1) is 0 Å². The fourth-order valence-electron chi connectivity index (χ4n) is 2.61. The molecule has 3 heterocycles. The third-order valence-corrected chi connectivity index (χ3v) is 5.93. The van der Waals surface area contributed by atoms with E-state index in [9.17, 15) is 0 Å². The van der Waals surface area contributed by atoms with Gasteiger partial charge in [0.05, 0.1) is 0 Å². The van der Waals surface area contributed by atoms with Gasteiger partial charge in [-0.05, 0) is 0 Å². The van der Waals surface area contributed by atoms with E-state index in [1.165, 1.54) is 0 Å². The normalized spacial score (nSPS) is 11.4. The van der Waals surface area contributed by atoms with Gasteiger partial charge in [-0.3, -0.25) is 0 Å². The molecule has 4 rings (SSSR count). The molecule has 0 radical (unpaired) electrons. The number of methoxy groups -OCH3 is 1. The molecule has 0 saturated carbocycles. The number of ether oxygens (including phenoxy) is 1. The fourth-order valence-corrected chi connectivity index (χ4v) is 4.59. The quantitative estimate of drug-likeness (QED) is 0.546. The zero-order valence-electron chi connectivity index (χ0n) is 13.0. The van der Waals surface area contributed by atoms with Crippen molar-refractivity contribution in [3.63, 3.8) is 0 Å². The van der Waals surface area contributed by atoms with Crippen LogP contribution in [0, 0.1) is 0 Å². The number of benzene rings is 1. The van der Waals surface area contributed by atoms with Crippen LogP contribution in [0.5, 0.6) is 5.75 Å². The molecule has 0 aliphatic carbocycles. The summed E-state index contributed by atoms with van der Waals surface area (Å²) in [5.41, 5.74) is 1.97. The van der Waals surface area contributed by atoms with E-state index in [-0.39, 0.29) is 0 Å². The van der Waals surface area contributed by atoms with Crippen molar-refractivity contribution in [3.8, 4) is 17.0 Å². The Morgan fingerprint density at radius 1 is 1.08 bits per heavy atom. The van der Waals surface area contributed by atoms with Gasteiger partial charge < -0.3 is 0 Å². The Morgan fingerprint density at radius 2 is 2.04 bits per heavy atom. The van der Waals surface area contributed by atoms with E-state index in [1.807, 2.05) is 36.7 Å². The Labute approximate surface area is 145 Å². The number of nitrogens with one attached hydrogen (secondary N) is 1. The van der Waals surface area contributed by atoms with Crippen LogP contribution in [-0.2, 0) is 0 Å². The van der Waals surface area contributed by atoms with Crippen molar-refractivity contribution < 1.29 is 4.74 Å². The van der Waals surface area contributed by atoms with Gasteiger partial charge in [-0.2, -0.15) is 0 Å². The first kappa shape index (κ1) is 14.9. The minimum absolute atomic E-state index is 0.599. The summed E-state index contributed by atoms with van der Waals surface area (Å²) < 4.78 is 7.54. The number of aromatic amines is 1. The van der Waals surface area contributed by atoms with Gasteiger partial charge in [0.15, 0.2) is 0 Å². The predicted octanol–water partition coefficient (Wildman–Crippen LogP) is 1.42. The van der Waals surface area contributed by atoms with Gasteiger partial charge in [0.25, 0.3) is 0 Å². The average Bonchev–Trinajstić information content (AvgIpc) is 3.14. The molecule has 1 N–H and O–H groups in total. The Bertz CT molecular complexity index is 971. The Hall–Kier alpha value is -2.65. The molecule has 24 heavy (non-hydrogen) atoms. The molecule has 1 aromatic carbocycles. The van der Waals surface area contributed by atoms with Crippen molar-refractivity contribution in [1.29, 1.82) is 0 Å². The van der Waals surface area contributed by atoms with E-state index in [2.05, 4.69) is 33.4 Å². The molecule has 0 amide bonds. The third kappa shape index (κ3) is 2.91. The molecule has 5 nitrogen and oxygen atoms in total. The Balaban J connectivity index is 1.91. The van der Waals surface area contributed by atoms with Crippen LogP contribution in [0.3, 0.4) is 0 Å². The maximum absolute atomic E-state index is 5.37. The zero-order chi connectivity index (χ0) is 16.4. The van der Waals surface area contributed by atoms with Crippen LogP contribution in [0.25, 0.3) is 22.0 Å². The van der Waals surface area contributed by atoms with Crippen LogP contribution in [0.15, 0.2) is 61.1 Å². The van der Waals surface area contributed by atoms with E-state index < -0.39 is 15.8 Å². The van der Waals surface area contributed by atoms with Crippen molar-refractivity contribution in [1.82, 2.24) is 20.2 Å². The van der Waals surface area contributed by atoms with Crippen LogP contribution in [0.1, 0.15) is 0 Å². The van der Waals surface area contributed by atoms with Crippen molar-refractivity contribution in [3.05, 3.63) is 61.1 Å². The molecule has 0 fully saturated rings. The summed E-state index contributed by atoms with van der Waals surface area (Å²) in [6.45, 7) is 0. The molecule has 118 valence electrons. The average molecular weight is 378 g/mol. The molecule has 4 aromatic rings. The van der Waals surface area contributed by atoms with Crippen LogP contribution in [0.4, 0.5) is 0 Å². The number of rotatable bonds is 4. The first-order chi connectivity index (χ1) is 11.8. The molecule has 0 saturated heterocycles. The van der Waals surface area contributed by atoms with Crippen LogP contribution < -0.4 is 13.7 Å². The van der Waals surface area contributed by atoms with Crippen LogP contribution in [-0.4, -0.2) is 43.0 Å². The summed E-state index contributed by atoms with van der Waals surface area (Å²) in [6, 6.07) is 14.2. The van der Waals surface area contributed by atoms with Gasteiger partial charge in [-0.1, -0.05) is 0 Å². The molecule has 0 bridgehead atoms. The van der Waals surface area contributed by atoms with E-state index in [0.717, 1.165) is 36.7 Å². The number of pyridine rings is 2.